The molecule has 0 fully saturated rings. The van der Waals surface area contributed by atoms with E-state index in [1.165, 1.54) is 0 Å². The fourth-order valence-electron chi connectivity index (χ4n) is 1.33. The zero-order valence-electron chi connectivity index (χ0n) is 9.38. The molecule has 0 aromatic rings. The molecule has 0 saturated heterocycles. The van der Waals surface area contributed by atoms with Crippen LogP contribution in [0.3, 0.4) is 0 Å². The van der Waals surface area contributed by atoms with Gasteiger partial charge in [-0.25, -0.2) is 0 Å². The molecule has 0 N–H and O–H groups in total. The summed E-state index contributed by atoms with van der Waals surface area (Å²) in [5.74, 6) is 0. The molecule has 0 radical (unpaired) electrons. The molecule has 101 valence electrons. The van der Waals surface area contributed by atoms with Gasteiger partial charge in [0, 0.05) is 0 Å². The van der Waals surface area contributed by atoms with Crippen LogP contribution < -0.4 is 14.0 Å². The second kappa shape index (κ2) is 7.45. The van der Waals surface area contributed by atoms with E-state index in [-0.39, 0.29) is 0 Å². The van der Waals surface area contributed by atoms with E-state index in [4.69, 9.17) is 0 Å². The first kappa shape index (κ1) is 15.1. The molecule has 0 aromatic heterocycles. The Morgan fingerprint density at radius 1 is 1.29 bits per heavy atom. The Labute approximate surface area is 110 Å². The average molecular weight is 354 g/mol. The molecule has 1 aliphatic rings. The van der Waals surface area contributed by atoms with Gasteiger partial charge in [0.05, 0.1) is 0 Å². The van der Waals surface area contributed by atoms with Gasteiger partial charge in [-0.3, -0.25) is 0 Å². The molecule has 1 rings (SSSR count). The summed E-state index contributed by atoms with van der Waals surface area (Å²) in [5, 5.41) is 0. The molecule has 4 nitrogen and oxygen atoms in total. The molecule has 0 unspecified atom stereocenters. The van der Waals surface area contributed by atoms with Crippen LogP contribution in [0.2, 0.25) is 4.89 Å². The Morgan fingerprint density at radius 2 is 2.00 bits per heavy atom. The Bertz CT molecular complexity index is 309. The van der Waals surface area contributed by atoms with E-state index in [0.29, 0.717) is 4.89 Å². The summed E-state index contributed by atoms with van der Waals surface area (Å²) in [6.07, 6.45) is 11.2. The predicted octanol–water partition coefficient (Wildman–Crippen LogP) is 0.0519. The summed E-state index contributed by atoms with van der Waals surface area (Å²) in [6.45, 7) is 3.58. The van der Waals surface area contributed by atoms with Crippen molar-refractivity contribution in [1.82, 2.24) is 0 Å². The minimum atomic E-state index is -4.34. The summed E-state index contributed by atoms with van der Waals surface area (Å²) in [7, 11) is -4.34. The summed E-state index contributed by atoms with van der Waals surface area (Å²) < 4.78 is 37.6. The first-order valence-corrected chi connectivity index (χ1v) is 8.89. The molecule has 0 aromatic carbocycles. The van der Waals surface area contributed by atoms with E-state index in [0.717, 1.165) is 29.7 Å². The topological polar surface area (TPSA) is 78.4 Å². The maximum absolute atomic E-state index is 10.7. The molecule has 1 aliphatic carbocycles. The van der Waals surface area contributed by atoms with Crippen molar-refractivity contribution in [2.24, 2.45) is 0 Å². The van der Waals surface area contributed by atoms with Gasteiger partial charge in [-0.15, -0.1) is 0 Å². The van der Waals surface area contributed by atoms with Gasteiger partial charge in [-0.1, -0.05) is 0 Å². The molecule has 0 spiro atoms. The van der Waals surface area contributed by atoms with Crippen LogP contribution in [-0.2, 0) is 20.1 Å². The number of hydrogen-bond acceptors (Lipinski definition) is 4. The SMILES string of the molecule is C=C[CH2][Pd]([O][Cl+3]([O-])([O-])[O-])[C]1=CCCC=CCC1. The van der Waals surface area contributed by atoms with Crippen LogP contribution >= 0.6 is 0 Å². The number of allylic oxidation sites excluding steroid dienone is 5. The van der Waals surface area contributed by atoms with Crippen molar-refractivity contribution in [2.45, 2.75) is 30.6 Å². The average Bonchev–Trinajstić information content (AvgIpc) is 2.14. The van der Waals surface area contributed by atoms with Crippen molar-refractivity contribution >= 4 is 0 Å². The third-order valence-electron chi connectivity index (χ3n) is 1.94. The van der Waals surface area contributed by atoms with E-state index >= 15 is 0 Å². The van der Waals surface area contributed by atoms with Gasteiger partial charge >= 0.3 is 110 Å². The zero-order chi connectivity index (χ0) is 12.7. The van der Waals surface area contributed by atoms with Gasteiger partial charge in [0.25, 0.3) is 0 Å². The molecule has 6 heteroatoms. The van der Waals surface area contributed by atoms with Crippen molar-refractivity contribution in [2.75, 3.05) is 0 Å². The van der Waals surface area contributed by atoms with Gasteiger partial charge in [0.2, 0.25) is 0 Å². The van der Waals surface area contributed by atoms with Gasteiger partial charge in [-0.05, 0) is 0 Å². The quantitative estimate of drug-likeness (QED) is 0.516. The second-order valence-electron chi connectivity index (χ2n) is 3.31. The van der Waals surface area contributed by atoms with Crippen LogP contribution in [0.5, 0.6) is 0 Å². The zero-order valence-corrected chi connectivity index (χ0v) is 11.7. The third kappa shape index (κ3) is 6.49. The Kier molecular flexibility index (Phi) is 6.60. The maximum atomic E-state index is 10.7. The van der Waals surface area contributed by atoms with Gasteiger partial charge in [-0.2, -0.15) is 0 Å². The van der Waals surface area contributed by atoms with Crippen LogP contribution in [0.15, 0.2) is 34.9 Å². The second-order valence-corrected chi connectivity index (χ2v) is 7.83. The van der Waals surface area contributed by atoms with E-state index in [9.17, 15) is 14.0 Å². The van der Waals surface area contributed by atoms with Gasteiger partial charge in [0.1, 0.15) is 0 Å². The molecule has 0 saturated carbocycles. The normalized spacial score (nSPS) is 18.1. The molecule has 0 amide bonds. The molecule has 0 heterocycles. The number of halogens is 1. The predicted molar refractivity (Wildman–Crippen MR) is 51.8 cm³/mol. The van der Waals surface area contributed by atoms with E-state index in [1.54, 1.807) is 6.08 Å². The Hall–Kier alpha value is 0.0123. The summed E-state index contributed by atoms with van der Waals surface area (Å²) >= 11 is -1.95. The third-order valence-corrected chi connectivity index (χ3v) is 6.77. The summed E-state index contributed by atoms with van der Waals surface area (Å²) in [4.78, 5) is 0.440. The van der Waals surface area contributed by atoms with Crippen LogP contribution in [0.1, 0.15) is 25.7 Å². The van der Waals surface area contributed by atoms with Gasteiger partial charge in [0.15, 0.2) is 0 Å². The van der Waals surface area contributed by atoms with Crippen molar-refractivity contribution in [3.8, 4) is 0 Å². The standard InChI is InChI=1S/C8H11.C3H5.ClHO4.Pd/c1-2-4-6-8-7-5-3-1;1-3-2;2-1(3,4)5;/h1-2,7H,3-6H2;3H,1-2H2;(H,2,3,4,5);/q;;;+1/p-1. The first-order chi connectivity index (χ1) is 8.03. The Balaban J connectivity index is 2.70. The summed E-state index contributed by atoms with van der Waals surface area (Å²) in [6, 6.07) is 0. The van der Waals surface area contributed by atoms with Crippen LogP contribution in [0.4, 0.5) is 0 Å². The molecular weight excluding hydrogens is 338 g/mol. The van der Waals surface area contributed by atoms with Crippen molar-refractivity contribution in [3.05, 3.63) is 34.9 Å². The van der Waals surface area contributed by atoms with Crippen molar-refractivity contribution < 1.29 is 44.4 Å². The molecule has 0 atom stereocenters. The van der Waals surface area contributed by atoms with Crippen molar-refractivity contribution in [3.63, 3.8) is 0 Å². The van der Waals surface area contributed by atoms with Crippen LogP contribution in [0, 0.1) is 10.2 Å². The summed E-state index contributed by atoms with van der Waals surface area (Å²) in [5.41, 5.74) is 0. The fourth-order valence-corrected chi connectivity index (χ4v) is 5.44. The monoisotopic (exact) mass is 353 g/mol. The molecule has 0 aliphatic heterocycles. The number of hydrogen-bond donors (Lipinski definition) is 0. The number of rotatable bonds is 5. The van der Waals surface area contributed by atoms with Crippen LogP contribution in [0.25, 0.3) is 0 Å². The van der Waals surface area contributed by atoms with E-state index in [2.05, 4.69) is 21.7 Å². The Morgan fingerprint density at radius 3 is 2.65 bits per heavy atom. The minimum absolute atomic E-state index is 0.440. The van der Waals surface area contributed by atoms with Crippen LogP contribution in [-0.4, -0.2) is 0 Å². The van der Waals surface area contributed by atoms with E-state index < -0.39 is 27.4 Å². The molecule has 0 bridgehead atoms. The fraction of sp³-hybridized carbons (Fsp3) is 0.455. The van der Waals surface area contributed by atoms with Crippen molar-refractivity contribution in [1.29, 1.82) is 0 Å². The van der Waals surface area contributed by atoms with Gasteiger partial charge < -0.3 is 0 Å². The first-order valence-electron chi connectivity index (χ1n) is 5.14. The molecule has 17 heavy (non-hydrogen) atoms. The van der Waals surface area contributed by atoms with E-state index in [1.807, 2.05) is 6.08 Å². The molecular formula is C11H16ClO4Pd.